The van der Waals surface area contributed by atoms with Crippen LogP contribution in [0.1, 0.15) is 168 Å². The van der Waals surface area contributed by atoms with Crippen molar-refractivity contribution in [2.24, 2.45) is 5.73 Å². The molecular weight excluding hydrogens is 790 g/mol. The molecule has 0 aliphatic heterocycles. The van der Waals surface area contributed by atoms with Gasteiger partial charge >= 0.3 is 19.8 Å². The van der Waals surface area contributed by atoms with Crippen LogP contribution < -0.4 is 5.73 Å². The van der Waals surface area contributed by atoms with E-state index in [-0.39, 0.29) is 13.0 Å². The number of unbranched alkanes of at least 4 members (excludes halogenated alkanes) is 13. The van der Waals surface area contributed by atoms with Crippen LogP contribution in [0.4, 0.5) is 0 Å². The van der Waals surface area contributed by atoms with Gasteiger partial charge in [0.15, 0.2) is 0 Å². The summed E-state index contributed by atoms with van der Waals surface area (Å²) >= 11 is 0. The lowest BCUT2D eigenvalue weighted by molar-refractivity contribution is -0.154. The van der Waals surface area contributed by atoms with E-state index in [1.807, 2.05) is 0 Å². The van der Waals surface area contributed by atoms with Gasteiger partial charge in [-0.05, 0) is 89.9 Å². The van der Waals surface area contributed by atoms with Crippen molar-refractivity contribution >= 4 is 19.8 Å². The summed E-state index contributed by atoms with van der Waals surface area (Å²) in [5.41, 5.74) is 5.36. The molecule has 0 heterocycles. The number of carbonyl (C=O) groups excluding carboxylic acids is 1. The molecule has 0 saturated carbocycles. The van der Waals surface area contributed by atoms with Crippen molar-refractivity contribution in [3.8, 4) is 0 Å². The standard InChI is InChI=1S/C50H84NO9P/c1-3-5-7-9-11-13-15-17-19-21-22-23-24-25-27-29-31-33-35-37-39-41-43-57-44-47(45-58-61(55,56)59-46-48(51)50(53)54)60-49(52)42-40-38-36-34-32-30-28-26-20-18-16-14-12-10-8-6-4-2/h5-8,11-14,17-20,22-23,28,30,47-48H,3-4,9-10,15-16,21,24-27,29,31-46,51H2,1-2H3,(H,53,54)(H,55,56)/b7-5-,8-6-,13-11-,14-12-,19-17-,20-18-,23-22-,30-28-. The van der Waals surface area contributed by atoms with Crippen molar-refractivity contribution in [2.45, 2.75) is 180 Å². The fourth-order valence-electron chi connectivity index (χ4n) is 5.82. The van der Waals surface area contributed by atoms with E-state index < -0.39 is 45.1 Å². The zero-order valence-electron chi connectivity index (χ0n) is 38.0. The zero-order chi connectivity index (χ0) is 44.8. The predicted molar refractivity (Wildman–Crippen MR) is 253 cm³/mol. The molecule has 4 N–H and O–H groups in total. The van der Waals surface area contributed by atoms with E-state index in [2.05, 4.69) is 111 Å². The molecule has 0 spiro atoms. The number of ether oxygens (including phenoxy) is 2. The van der Waals surface area contributed by atoms with Crippen LogP contribution in [0, 0.1) is 0 Å². The molecule has 0 bridgehead atoms. The van der Waals surface area contributed by atoms with Gasteiger partial charge in [-0.1, -0.05) is 169 Å². The predicted octanol–water partition coefficient (Wildman–Crippen LogP) is 13.3. The average molecular weight is 874 g/mol. The number of aliphatic carboxylic acids is 1. The Morgan fingerprint density at radius 3 is 1.34 bits per heavy atom. The Morgan fingerprint density at radius 2 is 0.902 bits per heavy atom. The number of esters is 1. The van der Waals surface area contributed by atoms with Gasteiger partial charge in [0.25, 0.3) is 0 Å². The number of hydrogen-bond acceptors (Lipinski definition) is 8. The minimum Gasteiger partial charge on any atom is -0.480 e. The Hall–Kier alpha value is -3.11. The molecule has 0 radical (unpaired) electrons. The van der Waals surface area contributed by atoms with Crippen molar-refractivity contribution in [1.29, 1.82) is 0 Å². The molecule has 61 heavy (non-hydrogen) atoms. The Bertz CT molecular complexity index is 1330. The summed E-state index contributed by atoms with van der Waals surface area (Å²) in [5, 5.41) is 8.91. The molecule has 0 aromatic heterocycles. The zero-order valence-corrected chi connectivity index (χ0v) is 38.9. The van der Waals surface area contributed by atoms with Gasteiger partial charge in [0.1, 0.15) is 12.1 Å². The largest absolute Gasteiger partial charge is 0.480 e. The first kappa shape index (κ1) is 57.9. The smallest absolute Gasteiger partial charge is 0.472 e. The third-order valence-electron chi connectivity index (χ3n) is 9.36. The van der Waals surface area contributed by atoms with Crippen LogP contribution in [0.25, 0.3) is 0 Å². The highest BCUT2D eigenvalue weighted by atomic mass is 31.2. The second-order valence-corrected chi connectivity index (χ2v) is 16.6. The highest BCUT2D eigenvalue weighted by Gasteiger charge is 2.27. The van der Waals surface area contributed by atoms with Crippen molar-refractivity contribution in [2.75, 3.05) is 26.4 Å². The molecule has 0 aliphatic carbocycles. The summed E-state index contributed by atoms with van der Waals surface area (Å²) < 4.78 is 33.4. The highest BCUT2D eigenvalue weighted by Crippen LogP contribution is 2.43. The number of phosphoric acid groups is 1. The maximum Gasteiger partial charge on any atom is 0.472 e. The molecule has 0 rings (SSSR count). The first-order valence-electron chi connectivity index (χ1n) is 23.3. The van der Waals surface area contributed by atoms with Crippen LogP contribution in [0.2, 0.25) is 0 Å². The van der Waals surface area contributed by atoms with Crippen LogP contribution in [0.5, 0.6) is 0 Å². The third-order valence-corrected chi connectivity index (χ3v) is 10.3. The molecule has 0 aliphatic rings. The van der Waals surface area contributed by atoms with Crippen molar-refractivity contribution in [1.82, 2.24) is 0 Å². The molecule has 0 saturated heterocycles. The topological polar surface area (TPSA) is 155 Å². The number of hydrogen-bond donors (Lipinski definition) is 3. The van der Waals surface area contributed by atoms with Crippen LogP contribution in [0.3, 0.4) is 0 Å². The fraction of sp³-hybridized carbons (Fsp3) is 0.640. The van der Waals surface area contributed by atoms with E-state index in [0.717, 1.165) is 103 Å². The molecule has 3 unspecified atom stereocenters. The molecule has 0 aromatic carbocycles. The number of allylic oxidation sites excluding steroid dienone is 16. The number of rotatable bonds is 43. The lowest BCUT2D eigenvalue weighted by Crippen LogP contribution is -2.34. The Morgan fingerprint density at radius 1 is 0.525 bits per heavy atom. The Balaban J connectivity index is 4.26. The third kappa shape index (κ3) is 44.7. The highest BCUT2D eigenvalue weighted by molar-refractivity contribution is 7.47. The van der Waals surface area contributed by atoms with Crippen LogP contribution in [0.15, 0.2) is 97.2 Å². The van der Waals surface area contributed by atoms with Gasteiger partial charge in [0.05, 0.1) is 19.8 Å². The van der Waals surface area contributed by atoms with Gasteiger partial charge in [0, 0.05) is 13.0 Å². The van der Waals surface area contributed by atoms with Crippen molar-refractivity contribution < 1.29 is 42.7 Å². The SMILES string of the molecule is CC/C=C\C/C=C\C/C=C\C/C=C\CCCCCCCCCCCOCC(COP(=O)(O)OCC(N)C(=O)O)OC(=O)CCCCCC/C=C\C/C=C\C/C=C\C/C=C\CC. The van der Waals surface area contributed by atoms with E-state index in [0.29, 0.717) is 13.0 Å². The lowest BCUT2D eigenvalue weighted by Gasteiger charge is -2.20. The van der Waals surface area contributed by atoms with Gasteiger partial charge in [0.2, 0.25) is 0 Å². The van der Waals surface area contributed by atoms with Crippen LogP contribution in [-0.4, -0.2) is 60.5 Å². The van der Waals surface area contributed by atoms with Gasteiger partial charge in [-0.2, -0.15) is 0 Å². The molecule has 10 nitrogen and oxygen atoms in total. The van der Waals surface area contributed by atoms with E-state index >= 15 is 0 Å². The lowest BCUT2D eigenvalue weighted by atomic mass is 10.1. The van der Waals surface area contributed by atoms with E-state index in [1.165, 1.54) is 38.5 Å². The molecule has 0 fully saturated rings. The second kappa shape index (κ2) is 44.9. The summed E-state index contributed by atoms with van der Waals surface area (Å²) in [6.07, 6.45) is 58.9. The Kier molecular flexibility index (Phi) is 42.6. The number of carboxylic acids is 1. The fourth-order valence-corrected chi connectivity index (χ4v) is 6.60. The summed E-state index contributed by atoms with van der Waals surface area (Å²) in [5.74, 6) is -1.81. The maximum absolute atomic E-state index is 12.7. The minimum atomic E-state index is -4.64. The van der Waals surface area contributed by atoms with Gasteiger partial charge < -0.3 is 25.2 Å². The normalized spacial score (nSPS) is 14.7. The van der Waals surface area contributed by atoms with Crippen molar-refractivity contribution in [3.05, 3.63) is 97.2 Å². The second-order valence-electron chi connectivity index (χ2n) is 15.1. The van der Waals surface area contributed by atoms with Gasteiger partial charge in [-0.25, -0.2) is 4.57 Å². The van der Waals surface area contributed by atoms with Gasteiger partial charge in [-0.15, -0.1) is 0 Å². The molecule has 11 heteroatoms. The number of carboxylic acid groups (broad SMARTS) is 1. The number of phosphoric ester groups is 1. The molecule has 0 aromatic rings. The van der Waals surface area contributed by atoms with E-state index in [9.17, 15) is 19.0 Å². The monoisotopic (exact) mass is 874 g/mol. The van der Waals surface area contributed by atoms with Crippen LogP contribution >= 0.6 is 7.82 Å². The van der Waals surface area contributed by atoms with Crippen LogP contribution in [-0.2, 0) is 32.7 Å². The number of nitrogens with two attached hydrogens (primary N) is 1. The molecule has 348 valence electrons. The van der Waals surface area contributed by atoms with Crippen molar-refractivity contribution in [3.63, 3.8) is 0 Å². The van der Waals surface area contributed by atoms with E-state index in [1.54, 1.807) is 0 Å². The summed E-state index contributed by atoms with van der Waals surface area (Å²) in [4.78, 5) is 33.6. The summed E-state index contributed by atoms with van der Waals surface area (Å²) in [6, 6.07) is -1.48. The average Bonchev–Trinajstić information content (AvgIpc) is 3.24. The summed E-state index contributed by atoms with van der Waals surface area (Å²) in [6.45, 7) is 3.59. The molecule has 3 atom stereocenters. The minimum absolute atomic E-state index is 0.00381. The van der Waals surface area contributed by atoms with E-state index in [4.69, 9.17) is 29.4 Å². The quantitative estimate of drug-likeness (QED) is 0.0233. The first-order chi connectivity index (χ1) is 29.7. The summed E-state index contributed by atoms with van der Waals surface area (Å²) in [7, 11) is -4.64. The Labute approximate surface area is 370 Å². The maximum atomic E-state index is 12.7. The molecular formula is C50H84NO9P. The molecule has 0 amide bonds. The number of carbonyl (C=O) groups is 2. The first-order valence-corrected chi connectivity index (χ1v) is 24.8. The van der Waals surface area contributed by atoms with Gasteiger partial charge in [-0.3, -0.25) is 18.6 Å².